The summed E-state index contributed by atoms with van der Waals surface area (Å²) < 4.78 is 5.75. The lowest BCUT2D eigenvalue weighted by Gasteiger charge is -2.10. The van der Waals surface area contributed by atoms with Gasteiger partial charge in [-0.2, -0.15) is 0 Å². The molecule has 0 amide bonds. The van der Waals surface area contributed by atoms with Gasteiger partial charge in [-0.3, -0.25) is 0 Å². The largest absolute Gasteiger partial charge is 0.439 e. The molecule has 0 saturated heterocycles. The Morgan fingerprint density at radius 2 is 2.11 bits per heavy atom. The van der Waals surface area contributed by atoms with Gasteiger partial charge < -0.3 is 10.5 Å². The van der Waals surface area contributed by atoms with Crippen LogP contribution in [0.25, 0.3) is 0 Å². The van der Waals surface area contributed by atoms with Gasteiger partial charge in [0.05, 0.1) is 0 Å². The quantitative estimate of drug-likeness (QED) is 0.910. The Balaban J connectivity index is 2.25. The summed E-state index contributed by atoms with van der Waals surface area (Å²) in [6, 6.07) is 7.22. The number of ether oxygens (including phenoxy) is 1. The van der Waals surface area contributed by atoms with Crippen LogP contribution in [-0.2, 0) is 13.0 Å². The summed E-state index contributed by atoms with van der Waals surface area (Å²) in [5.41, 5.74) is 7.53. The zero-order valence-electron chi connectivity index (χ0n) is 10.8. The molecule has 0 radical (unpaired) electrons. The Kier molecular flexibility index (Phi) is 4.71. The maximum absolute atomic E-state index is 5.97. The second kappa shape index (κ2) is 6.50. The van der Waals surface area contributed by atoms with Gasteiger partial charge >= 0.3 is 0 Å². The predicted octanol–water partition coefficient (Wildman–Crippen LogP) is 3.33. The first-order valence-corrected chi connectivity index (χ1v) is 6.58. The van der Waals surface area contributed by atoms with Crippen LogP contribution < -0.4 is 10.5 Å². The van der Waals surface area contributed by atoms with E-state index in [0.717, 1.165) is 24.1 Å². The number of nitrogens with two attached hydrogens (primary N) is 1. The Bertz CT molecular complexity index is 560. The van der Waals surface area contributed by atoms with Crippen molar-refractivity contribution >= 4 is 11.6 Å². The van der Waals surface area contributed by atoms with Crippen molar-refractivity contribution < 1.29 is 4.74 Å². The van der Waals surface area contributed by atoms with Crippen LogP contribution in [0.15, 0.2) is 30.6 Å². The molecule has 0 aliphatic carbocycles. The van der Waals surface area contributed by atoms with Crippen molar-refractivity contribution in [1.82, 2.24) is 9.97 Å². The molecule has 0 aliphatic rings. The molecule has 0 spiro atoms. The van der Waals surface area contributed by atoms with E-state index in [-0.39, 0.29) is 0 Å². The van der Waals surface area contributed by atoms with E-state index in [1.54, 1.807) is 12.1 Å². The lowest BCUT2D eigenvalue weighted by molar-refractivity contribution is 0.454. The number of rotatable bonds is 5. The van der Waals surface area contributed by atoms with Crippen LogP contribution in [0.1, 0.15) is 24.6 Å². The van der Waals surface area contributed by atoms with E-state index in [0.29, 0.717) is 23.2 Å². The highest BCUT2D eigenvalue weighted by molar-refractivity contribution is 6.30. The van der Waals surface area contributed by atoms with E-state index in [4.69, 9.17) is 22.1 Å². The molecule has 2 rings (SSSR count). The third-order valence-corrected chi connectivity index (χ3v) is 2.90. The molecule has 1 aromatic heterocycles. The minimum absolute atomic E-state index is 0.388. The summed E-state index contributed by atoms with van der Waals surface area (Å²) in [5.74, 6) is 1.14. The number of hydrogen-bond donors (Lipinski definition) is 1. The van der Waals surface area contributed by atoms with Crippen molar-refractivity contribution in [2.45, 2.75) is 26.3 Å². The number of hydrogen-bond acceptors (Lipinski definition) is 4. The molecule has 19 heavy (non-hydrogen) atoms. The Labute approximate surface area is 117 Å². The average Bonchev–Trinajstić information content (AvgIpc) is 2.40. The molecular formula is C14H16ClN3O. The minimum Gasteiger partial charge on any atom is -0.439 e. The van der Waals surface area contributed by atoms with Gasteiger partial charge in [-0.15, -0.1) is 0 Å². The zero-order chi connectivity index (χ0) is 13.7. The summed E-state index contributed by atoms with van der Waals surface area (Å²) in [6.07, 6.45) is 3.44. The maximum atomic E-state index is 5.97. The van der Waals surface area contributed by atoms with Crippen LogP contribution in [0.2, 0.25) is 5.02 Å². The first kappa shape index (κ1) is 13.8. The minimum atomic E-state index is 0.388. The molecule has 2 N–H and O–H groups in total. The Hall–Kier alpha value is -1.65. The van der Waals surface area contributed by atoms with Gasteiger partial charge in [-0.25, -0.2) is 9.97 Å². The fraction of sp³-hybridized carbons (Fsp3) is 0.286. The zero-order valence-corrected chi connectivity index (χ0v) is 11.5. The molecule has 0 atom stereocenters. The first-order chi connectivity index (χ1) is 9.22. The van der Waals surface area contributed by atoms with Gasteiger partial charge in [0.1, 0.15) is 12.1 Å². The van der Waals surface area contributed by atoms with E-state index >= 15 is 0 Å². The van der Waals surface area contributed by atoms with Crippen LogP contribution in [0.4, 0.5) is 0 Å². The summed E-state index contributed by atoms with van der Waals surface area (Å²) in [5, 5.41) is 0.607. The first-order valence-electron chi connectivity index (χ1n) is 6.20. The lowest BCUT2D eigenvalue weighted by atomic mass is 10.2. The fourth-order valence-electron chi connectivity index (χ4n) is 1.73. The van der Waals surface area contributed by atoms with Gasteiger partial charge in [0.2, 0.25) is 5.88 Å². The Morgan fingerprint density at radius 3 is 2.84 bits per heavy atom. The van der Waals surface area contributed by atoms with E-state index in [1.807, 2.05) is 12.1 Å². The van der Waals surface area contributed by atoms with Gasteiger partial charge in [-0.1, -0.05) is 31.0 Å². The van der Waals surface area contributed by atoms with Crippen molar-refractivity contribution in [2.75, 3.05) is 0 Å². The van der Waals surface area contributed by atoms with Crippen LogP contribution in [0.3, 0.4) is 0 Å². The summed E-state index contributed by atoms with van der Waals surface area (Å²) >= 11 is 5.97. The van der Waals surface area contributed by atoms with Gasteiger partial charge in [0, 0.05) is 28.9 Å². The molecule has 5 heteroatoms. The SMILES string of the molecule is CCCc1cc(Oc2cc(Cl)ccc2CN)ncn1. The van der Waals surface area contributed by atoms with Gasteiger partial charge in [0.25, 0.3) is 0 Å². The molecular weight excluding hydrogens is 262 g/mol. The number of aryl methyl sites for hydroxylation is 1. The number of halogens is 1. The standard InChI is InChI=1S/C14H16ClN3O/c1-2-3-12-7-14(18-9-17-12)19-13-6-11(15)5-4-10(13)8-16/h4-7,9H,2-3,8,16H2,1H3. The fourth-order valence-corrected chi connectivity index (χ4v) is 1.89. The van der Waals surface area contributed by atoms with Crippen molar-refractivity contribution in [3.63, 3.8) is 0 Å². The van der Waals surface area contributed by atoms with E-state index in [2.05, 4.69) is 16.9 Å². The molecule has 1 aromatic carbocycles. The molecule has 2 aromatic rings. The second-order valence-electron chi connectivity index (χ2n) is 4.16. The predicted molar refractivity (Wildman–Crippen MR) is 75.4 cm³/mol. The molecule has 100 valence electrons. The number of benzene rings is 1. The van der Waals surface area contributed by atoms with Crippen LogP contribution in [0.5, 0.6) is 11.6 Å². The molecule has 0 fully saturated rings. The molecule has 0 bridgehead atoms. The van der Waals surface area contributed by atoms with Crippen LogP contribution in [0, 0.1) is 0 Å². The molecule has 4 nitrogen and oxygen atoms in total. The van der Waals surface area contributed by atoms with Crippen molar-refractivity contribution in [3.05, 3.63) is 46.9 Å². The van der Waals surface area contributed by atoms with Crippen molar-refractivity contribution in [1.29, 1.82) is 0 Å². The van der Waals surface area contributed by atoms with Gasteiger partial charge in [0.15, 0.2) is 0 Å². The summed E-state index contributed by atoms with van der Waals surface area (Å²) in [6.45, 7) is 2.49. The van der Waals surface area contributed by atoms with Crippen LogP contribution in [-0.4, -0.2) is 9.97 Å². The highest BCUT2D eigenvalue weighted by Gasteiger charge is 2.06. The van der Waals surface area contributed by atoms with Crippen LogP contribution >= 0.6 is 11.6 Å². The van der Waals surface area contributed by atoms with E-state index in [9.17, 15) is 0 Å². The normalized spacial score (nSPS) is 10.5. The second-order valence-corrected chi connectivity index (χ2v) is 4.59. The lowest BCUT2D eigenvalue weighted by Crippen LogP contribution is -2.00. The van der Waals surface area contributed by atoms with E-state index < -0.39 is 0 Å². The Morgan fingerprint density at radius 1 is 1.26 bits per heavy atom. The summed E-state index contributed by atoms with van der Waals surface area (Å²) in [4.78, 5) is 8.29. The van der Waals surface area contributed by atoms with E-state index in [1.165, 1.54) is 6.33 Å². The third-order valence-electron chi connectivity index (χ3n) is 2.67. The third kappa shape index (κ3) is 3.66. The highest BCUT2D eigenvalue weighted by atomic mass is 35.5. The van der Waals surface area contributed by atoms with Crippen molar-refractivity contribution in [3.8, 4) is 11.6 Å². The maximum Gasteiger partial charge on any atom is 0.222 e. The smallest absolute Gasteiger partial charge is 0.222 e. The summed E-state index contributed by atoms with van der Waals surface area (Å²) in [7, 11) is 0. The van der Waals surface area contributed by atoms with Gasteiger partial charge in [-0.05, 0) is 18.6 Å². The molecule has 0 aliphatic heterocycles. The number of aromatic nitrogens is 2. The monoisotopic (exact) mass is 277 g/mol. The number of nitrogens with zero attached hydrogens (tertiary/aromatic N) is 2. The average molecular weight is 278 g/mol. The highest BCUT2D eigenvalue weighted by Crippen LogP contribution is 2.27. The molecule has 0 saturated carbocycles. The molecule has 1 heterocycles. The molecule has 0 unspecified atom stereocenters. The van der Waals surface area contributed by atoms with Crippen molar-refractivity contribution in [2.24, 2.45) is 5.73 Å². The topological polar surface area (TPSA) is 61.0 Å².